The molecule has 0 saturated carbocycles. The zero-order valence-corrected chi connectivity index (χ0v) is 11.3. The van der Waals surface area contributed by atoms with Gasteiger partial charge in [0.15, 0.2) is 0 Å². The predicted octanol–water partition coefficient (Wildman–Crippen LogP) is 2.31. The summed E-state index contributed by atoms with van der Waals surface area (Å²) < 4.78 is 27.1. The highest BCUT2D eigenvalue weighted by atomic mass is 35.5. The molecule has 4 nitrogen and oxygen atoms in total. The number of allylic oxidation sites excluding steroid dienone is 1. The summed E-state index contributed by atoms with van der Waals surface area (Å²) in [6.07, 6.45) is 6.44. The van der Waals surface area contributed by atoms with Crippen molar-refractivity contribution in [1.29, 1.82) is 0 Å². The summed E-state index contributed by atoms with van der Waals surface area (Å²) >= 11 is 5.81. The van der Waals surface area contributed by atoms with Crippen molar-refractivity contribution in [2.75, 3.05) is 5.73 Å². The van der Waals surface area contributed by atoms with Crippen LogP contribution in [0.4, 0.5) is 5.69 Å². The third-order valence-electron chi connectivity index (χ3n) is 2.86. The first-order valence-electron chi connectivity index (χ1n) is 5.71. The van der Waals surface area contributed by atoms with Crippen molar-refractivity contribution in [3.05, 3.63) is 35.4 Å². The number of nitrogen functional groups attached to an aromatic ring is 1. The van der Waals surface area contributed by atoms with Crippen LogP contribution in [0.15, 0.2) is 35.2 Å². The molecule has 1 atom stereocenters. The summed E-state index contributed by atoms with van der Waals surface area (Å²) in [7, 11) is -3.61. The van der Waals surface area contributed by atoms with Gasteiger partial charge in [0.2, 0.25) is 10.0 Å². The second kappa shape index (κ2) is 5.30. The molecule has 1 aliphatic rings. The number of sulfonamides is 1. The topological polar surface area (TPSA) is 72.2 Å². The zero-order chi connectivity index (χ0) is 13.2. The molecule has 0 bridgehead atoms. The van der Waals surface area contributed by atoms with Crippen molar-refractivity contribution in [3.63, 3.8) is 0 Å². The third kappa shape index (κ3) is 3.04. The van der Waals surface area contributed by atoms with E-state index in [1.165, 1.54) is 12.1 Å². The number of nitrogens with one attached hydrogen (secondary N) is 1. The maximum absolute atomic E-state index is 12.2. The van der Waals surface area contributed by atoms with Gasteiger partial charge < -0.3 is 5.73 Å². The summed E-state index contributed by atoms with van der Waals surface area (Å²) in [6.45, 7) is 0. The molecule has 3 N–H and O–H groups in total. The number of anilines is 1. The molecule has 1 aliphatic carbocycles. The maximum Gasteiger partial charge on any atom is 0.242 e. The van der Waals surface area contributed by atoms with E-state index in [0.29, 0.717) is 11.4 Å². The molecule has 0 amide bonds. The van der Waals surface area contributed by atoms with Crippen molar-refractivity contribution >= 4 is 27.3 Å². The van der Waals surface area contributed by atoms with Crippen LogP contribution in [-0.4, -0.2) is 14.5 Å². The standard InChI is InChI=1S/C12H15ClN2O2S/c13-9-6-7-11(14)12(8-9)18(16,17)15-10-4-2-1-3-5-10/h1-2,6-8,10,15H,3-5,14H2. The summed E-state index contributed by atoms with van der Waals surface area (Å²) in [5.41, 5.74) is 5.90. The lowest BCUT2D eigenvalue weighted by Crippen LogP contribution is -2.35. The molecular weight excluding hydrogens is 272 g/mol. The number of nitrogens with two attached hydrogens (primary N) is 1. The highest BCUT2D eigenvalue weighted by Gasteiger charge is 2.22. The van der Waals surface area contributed by atoms with E-state index in [1.54, 1.807) is 6.07 Å². The van der Waals surface area contributed by atoms with Gasteiger partial charge in [-0.1, -0.05) is 23.8 Å². The van der Waals surface area contributed by atoms with Gasteiger partial charge in [0.05, 0.1) is 5.69 Å². The first-order valence-corrected chi connectivity index (χ1v) is 7.57. The molecule has 1 unspecified atom stereocenters. The number of benzene rings is 1. The van der Waals surface area contributed by atoms with Crippen LogP contribution in [0.1, 0.15) is 19.3 Å². The molecule has 0 heterocycles. The van der Waals surface area contributed by atoms with E-state index in [9.17, 15) is 8.42 Å². The Bertz CT molecular complexity index is 569. The molecule has 1 aromatic rings. The molecule has 0 spiro atoms. The average molecular weight is 287 g/mol. The minimum atomic E-state index is -3.61. The molecule has 2 rings (SSSR count). The molecule has 0 radical (unpaired) electrons. The number of hydrogen-bond acceptors (Lipinski definition) is 3. The van der Waals surface area contributed by atoms with E-state index in [4.69, 9.17) is 17.3 Å². The zero-order valence-electron chi connectivity index (χ0n) is 9.77. The molecule has 98 valence electrons. The maximum atomic E-state index is 12.2. The summed E-state index contributed by atoms with van der Waals surface area (Å²) in [6, 6.07) is 4.37. The minimum Gasteiger partial charge on any atom is -0.398 e. The van der Waals surface area contributed by atoms with Crippen molar-refractivity contribution in [2.24, 2.45) is 0 Å². The van der Waals surface area contributed by atoms with Gasteiger partial charge in [0.1, 0.15) is 4.90 Å². The lowest BCUT2D eigenvalue weighted by molar-refractivity contribution is 0.522. The fraction of sp³-hybridized carbons (Fsp3) is 0.333. The van der Waals surface area contributed by atoms with Crippen LogP contribution in [-0.2, 0) is 10.0 Å². The van der Waals surface area contributed by atoms with Crippen LogP contribution >= 0.6 is 11.6 Å². The lowest BCUT2D eigenvalue weighted by Gasteiger charge is -2.19. The summed E-state index contributed by atoms with van der Waals surface area (Å²) in [5.74, 6) is 0. The summed E-state index contributed by atoms with van der Waals surface area (Å²) in [4.78, 5) is 0.0459. The van der Waals surface area contributed by atoms with E-state index in [1.807, 2.05) is 6.08 Å². The molecule has 1 aromatic carbocycles. The Kier molecular flexibility index (Phi) is 3.94. The van der Waals surface area contributed by atoms with Crippen molar-refractivity contribution in [1.82, 2.24) is 4.72 Å². The van der Waals surface area contributed by atoms with Crippen molar-refractivity contribution < 1.29 is 8.42 Å². The van der Waals surface area contributed by atoms with Crippen molar-refractivity contribution in [3.8, 4) is 0 Å². The van der Waals surface area contributed by atoms with E-state index < -0.39 is 10.0 Å². The summed E-state index contributed by atoms with van der Waals surface area (Å²) in [5, 5.41) is 0.355. The second-order valence-corrected chi connectivity index (χ2v) is 6.40. The molecule has 0 saturated heterocycles. The number of rotatable bonds is 3. The molecule has 6 heteroatoms. The minimum absolute atomic E-state index is 0.0459. The molecule has 0 fully saturated rings. The highest BCUT2D eigenvalue weighted by Crippen LogP contribution is 2.23. The quantitative estimate of drug-likeness (QED) is 0.661. The predicted molar refractivity (Wildman–Crippen MR) is 73.0 cm³/mol. The van der Waals surface area contributed by atoms with Crippen molar-refractivity contribution in [2.45, 2.75) is 30.2 Å². The van der Waals surface area contributed by atoms with Gasteiger partial charge in [-0.25, -0.2) is 13.1 Å². The Morgan fingerprint density at radius 3 is 2.78 bits per heavy atom. The van der Waals surface area contributed by atoms with Gasteiger partial charge in [-0.05, 0) is 37.5 Å². The Balaban J connectivity index is 2.24. The Morgan fingerprint density at radius 2 is 2.11 bits per heavy atom. The Morgan fingerprint density at radius 1 is 1.33 bits per heavy atom. The Hall–Kier alpha value is -1.04. The Labute approximate surface area is 112 Å². The van der Waals surface area contributed by atoms with Crippen LogP contribution in [0.2, 0.25) is 5.02 Å². The van der Waals surface area contributed by atoms with Crippen LogP contribution in [0.25, 0.3) is 0 Å². The largest absolute Gasteiger partial charge is 0.398 e. The van der Waals surface area contributed by atoms with Gasteiger partial charge >= 0.3 is 0 Å². The number of halogens is 1. The second-order valence-electron chi connectivity index (χ2n) is 4.28. The first kappa shape index (κ1) is 13.4. The average Bonchev–Trinajstić information content (AvgIpc) is 2.33. The van der Waals surface area contributed by atoms with E-state index in [-0.39, 0.29) is 16.6 Å². The first-order chi connectivity index (χ1) is 8.49. The number of hydrogen-bond donors (Lipinski definition) is 2. The van der Waals surface area contributed by atoms with Crippen LogP contribution in [0.5, 0.6) is 0 Å². The fourth-order valence-electron chi connectivity index (χ4n) is 1.92. The van der Waals surface area contributed by atoms with Crippen LogP contribution < -0.4 is 10.5 Å². The SMILES string of the molecule is Nc1ccc(Cl)cc1S(=O)(=O)NC1CC=CCC1. The van der Waals surface area contributed by atoms with Gasteiger partial charge in [-0.2, -0.15) is 0 Å². The monoisotopic (exact) mass is 286 g/mol. The van der Waals surface area contributed by atoms with E-state index in [2.05, 4.69) is 10.8 Å². The lowest BCUT2D eigenvalue weighted by atomic mass is 10.0. The smallest absolute Gasteiger partial charge is 0.242 e. The van der Waals surface area contributed by atoms with Crippen LogP contribution in [0.3, 0.4) is 0 Å². The molecule has 0 aliphatic heterocycles. The molecule has 18 heavy (non-hydrogen) atoms. The highest BCUT2D eigenvalue weighted by molar-refractivity contribution is 7.89. The molecular formula is C12H15ClN2O2S. The third-order valence-corrected chi connectivity index (χ3v) is 4.67. The van der Waals surface area contributed by atoms with Gasteiger partial charge in [0.25, 0.3) is 0 Å². The van der Waals surface area contributed by atoms with E-state index >= 15 is 0 Å². The molecule has 0 aromatic heterocycles. The fourth-order valence-corrected chi connectivity index (χ4v) is 3.60. The van der Waals surface area contributed by atoms with Crippen LogP contribution in [0, 0.1) is 0 Å². The van der Waals surface area contributed by atoms with Gasteiger partial charge in [-0.15, -0.1) is 0 Å². The van der Waals surface area contributed by atoms with Gasteiger partial charge in [0, 0.05) is 11.1 Å². The van der Waals surface area contributed by atoms with E-state index in [0.717, 1.165) is 12.8 Å². The van der Waals surface area contributed by atoms with Gasteiger partial charge in [-0.3, -0.25) is 0 Å². The normalized spacial score (nSPS) is 19.9.